The highest BCUT2D eigenvalue weighted by Crippen LogP contribution is 2.46. The maximum absolute atomic E-state index is 11.4. The average molecular weight is 314 g/mol. The minimum Gasteiger partial charge on any atom is -0.308 e. The van der Waals surface area contributed by atoms with Crippen molar-refractivity contribution in [2.45, 2.75) is 62.9 Å². The van der Waals surface area contributed by atoms with Gasteiger partial charge in [-0.15, -0.1) is 0 Å². The minimum absolute atomic E-state index is 0.241. The molecule has 0 bridgehead atoms. The number of hydrogen-bond donors (Lipinski definition) is 1. The van der Waals surface area contributed by atoms with Crippen molar-refractivity contribution in [1.29, 1.82) is 0 Å². The van der Waals surface area contributed by atoms with Crippen LogP contribution in [0.15, 0.2) is 0 Å². The quantitative estimate of drug-likeness (QED) is 0.841. The highest BCUT2D eigenvalue weighted by atomic mass is 32.2. The molecule has 122 valence electrons. The van der Waals surface area contributed by atoms with Gasteiger partial charge in [-0.1, -0.05) is 12.8 Å². The molecule has 1 atom stereocenters. The van der Waals surface area contributed by atoms with Gasteiger partial charge >= 0.3 is 0 Å². The summed E-state index contributed by atoms with van der Waals surface area (Å²) in [7, 11) is -2.84. The lowest BCUT2D eigenvalue weighted by Crippen LogP contribution is -2.69. The summed E-state index contributed by atoms with van der Waals surface area (Å²) in [6, 6.07) is 0. The first-order chi connectivity index (χ1) is 9.83. The Bertz CT molecular complexity index is 481. The number of piperazine rings is 1. The third-order valence-electron chi connectivity index (χ3n) is 6.00. The first-order valence-electron chi connectivity index (χ1n) is 8.51. The van der Waals surface area contributed by atoms with Gasteiger partial charge in [0, 0.05) is 30.4 Å². The molecule has 4 nitrogen and oxygen atoms in total. The number of hydrogen-bond acceptors (Lipinski definition) is 4. The van der Waals surface area contributed by atoms with Crippen LogP contribution < -0.4 is 5.32 Å². The molecule has 1 unspecified atom stereocenters. The minimum atomic E-state index is -2.84. The van der Waals surface area contributed by atoms with E-state index in [1.54, 1.807) is 0 Å². The van der Waals surface area contributed by atoms with Gasteiger partial charge in [-0.3, -0.25) is 4.90 Å². The molecule has 1 saturated heterocycles. The van der Waals surface area contributed by atoms with Gasteiger partial charge in [0.2, 0.25) is 0 Å². The Labute approximate surface area is 129 Å². The zero-order valence-electron chi connectivity index (χ0n) is 13.5. The Morgan fingerprint density at radius 3 is 2.48 bits per heavy atom. The fourth-order valence-corrected chi connectivity index (χ4v) is 5.08. The summed E-state index contributed by atoms with van der Waals surface area (Å²) >= 11 is 0. The standard InChI is InChI=1S/C16H30N2O2S/c1-15(14-6-7-14)12-17-16(8-3-4-9-16)13-18(15)10-5-11-21(2,19)20/h14,17H,3-13H2,1-2H3. The zero-order valence-corrected chi connectivity index (χ0v) is 14.3. The fraction of sp³-hybridized carbons (Fsp3) is 1.00. The third-order valence-corrected chi connectivity index (χ3v) is 7.03. The molecule has 3 aliphatic rings. The Kier molecular flexibility index (Phi) is 4.13. The van der Waals surface area contributed by atoms with E-state index in [9.17, 15) is 8.42 Å². The molecule has 1 spiro atoms. The molecule has 5 heteroatoms. The highest BCUT2D eigenvalue weighted by molar-refractivity contribution is 7.90. The molecule has 0 aromatic carbocycles. The third kappa shape index (κ3) is 3.45. The van der Waals surface area contributed by atoms with Gasteiger partial charge in [0.1, 0.15) is 9.84 Å². The van der Waals surface area contributed by atoms with E-state index >= 15 is 0 Å². The first kappa shape index (κ1) is 15.8. The first-order valence-corrected chi connectivity index (χ1v) is 10.6. The van der Waals surface area contributed by atoms with Gasteiger partial charge in [0.15, 0.2) is 0 Å². The van der Waals surface area contributed by atoms with Gasteiger partial charge in [-0.05, 0) is 51.5 Å². The summed E-state index contributed by atoms with van der Waals surface area (Å²) in [5.74, 6) is 1.13. The van der Waals surface area contributed by atoms with Crippen LogP contribution in [-0.2, 0) is 9.84 Å². The molecule has 1 heterocycles. The SMILES string of the molecule is CC1(C2CC2)CNC2(CCCC2)CN1CCCS(C)(=O)=O. The molecule has 21 heavy (non-hydrogen) atoms. The van der Waals surface area contributed by atoms with Crippen LogP contribution in [0.4, 0.5) is 0 Å². The largest absolute Gasteiger partial charge is 0.308 e. The molecule has 2 aliphatic carbocycles. The lowest BCUT2D eigenvalue weighted by Gasteiger charge is -2.53. The van der Waals surface area contributed by atoms with Gasteiger partial charge in [-0.25, -0.2) is 8.42 Å². The Morgan fingerprint density at radius 1 is 1.24 bits per heavy atom. The summed E-state index contributed by atoms with van der Waals surface area (Å²) in [4.78, 5) is 2.64. The van der Waals surface area contributed by atoms with Crippen molar-refractivity contribution in [3.63, 3.8) is 0 Å². The summed E-state index contributed by atoms with van der Waals surface area (Å²) in [6.07, 6.45) is 10.1. The molecule has 0 amide bonds. The number of sulfone groups is 1. The molecule has 3 rings (SSSR count). The predicted octanol–water partition coefficient (Wildman–Crippen LogP) is 1.81. The van der Waals surface area contributed by atoms with Gasteiger partial charge in [0.25, 0.3) is 0 Å². The van der Waals surface area contributed by atoms with E-state index in [2.05, 4.69) is 17.1 Å². The normalized spacial score (nSPS) is 33.6. The van der Waals surface area contributed by atoms with E-state index in [0.717, 1.165) is 32.0 Å². The Morgan fingerprint density at radius 2 is 1.90 bits per heavy atom. The van der Waals surface area contributed by atoms with Gasteiger partial charge in [-0.2, -0.15) is 0 Å². The van der Waals surface area contributed by atoms with Crippen LogP contribution in [0, 0.1) is 5.92 Å². The van der Waals surface area contributed by atoms with E-state index in [1.165, 1.54) is 44.8 Å². The molecule has 0 radical (unpaired) electrons. The van der Waals surface area contributed by atoms with Crippen LogP contribution in [0.1, 0.15) is 51.9 Å². The predicted molar refractivity (Wildman–Crippen MR) is 86.2 cm³/mol. The second kappa shape index (κ2) is 5.50. The van der Waals surface area contributed by atoms with Crippen LogP contribution in [-0.4, -0.2) is 56.0 Å². The van der Waals surface area contributed by atoms with E-state index in [1.807, 2.05) is 0 Å². The van der Waals surface area contributed by atoms with E-state index < -0.39 is 9.84 Å². The van der Waals surface area contributed by atoms with Crippen molar-refractivity contribution >= 4 is 9.84 Å². The van der Waals surface area contributed by atoms with Crippen molar-refractivity contribution < 1.29 is 8.42 Å². The second-order valence-electron chi connectivity index (χ2n) is 7.88. The summed E-state index contributed by atoms with van der Waals surface area (Å²) in [5.41, 5.74) is 0.560. The molecule has 0 aromatic heterocycles. The highest BCUT2D eigenvalue weighted by Gasteiger charge is 2.52. The van der Waals surface area contributed by atoms with Crippen LogP contribution in [0.2, 0.25) is 0 Å². The number of nitrogens with zero attached hydrogens (tertiary/aromatic N) is 1. The van der Waals surface area contributed by atoms with Crippen molar-refractivity contribution in [2.24, 2.45) is 5.92 Å². The van der Waals surface area contributed by atoms with Crippen molar-refractivity contribution in [3.05, 3.63) is 0 Å². The summed E-state index contributed by atoms with van der Waals surface area (Å²) in [6.45, 7) is 5.52. The fourth-order valence-electron chi connectivity index (χ4n) is 4.43. The maximum Gasteiger partial charge on any atom is 0.147 e. The van der Waals surface area contributed by atoms with Gasteiger partial charge in [0.05, 0.1) is 5.75 Å². The lowest BCUT2D eigenvalue weighted by molar-refractivity contribution is 0.00296. The summed E-state index contributed by atoms with van der Waals surface area (Å²) in [5, 5.41) is 3.88. The Hall–Kier alpha value is -0.130. The van der Waals surface area contributed by atoms with E-state index in [0.29, 0.717) is 11.3 Å². The average Bonchev–Trinajstić information content (AvgIpc) is 3.16. The van der Waals surface area contributed by atoms with Crippen LogP contribution >= 0.6 is 0 Å². The van der Waals surface area contributed by atoms with Crippen LogP contribution in [0.5, 0.6) is 0 Å². The van der Waals surface area contributed by atoms with Crippen molar-refractivity contribution in [1.82, 2.24) is 10.2 Å². The van der Waals surface area contributed by atoms with Gasteiger partial charge < -0.3 is 5.32 Å². The molecule has 3 fully saturated rings. The van der Waals surface area contributed by atoms with E-state index in [4.69, 9.17) is 0 Å². The second-order valence-corrected chi connectivity index (χ2v) is 10.1. The van der Waals surface area contributed by atoms with Crippen LogP contribution in [0.3, 0.4) is 0 Å². The van der Waals surface area contributed by atoms with Crippen molar-refractivity contribution in [2.75, 3.05) is 31.6 Å². The molecule has 2 saturated carbocycles. The molecule has 1 aliphatic heterocycles. The monoisotopic (exact) mass is 314 g/mol. The number of nitrogens with one attached hydrogen (secondary N) is 1. The summed E-state index contributed by atoms with van der Waals surface area (Å²) < 4.78 is 22.8. The van der Waals surface area contributed by atoms with E-state index in [-0.39, 0.29) is 5.54 Å². The van der Waals surface area contributed by atoms with Crippen molar-refractivity contribution in [3.8, 4) is 0 Å². The maximum atomic E-state index is 11.4. The zero-order chi connectivity index (χ0) is 15.1. The molecule has 1 N–H and O–H groups in total. The lowest BCUT2D eigenvalue weighted by atomic mass is 9.83. The molecular formula is C16H30N2O2S. The molecule has 0 aromatic rings. The van der Waals surface area contributed by atoms with Crippen LogP contribution in [0.25, 0.3) is 0 Å². The number of rotatable bonds is 5. The Balaban J connectivity index is 1.67. The molecular weight excluding hydrogens is 284 g/mol. The smallest absolute Gasteiger partial charge is 0.147 e. The topological polar surface area (TPSA) is 49.4 Å².